The second-order valence-corrected chi connectivity index (χ2v) is 4.56. The molecule has 0 aliphatic heterocycles. The zero-order valence-electron chi connectivity index (χ0n) is 12.9. The summed E-state index contributed by atoms with van der Waals surface area (Å²) in [6, 6.07) is 1.56. The van der Waals surface area contributed by atoms with Crippen molar-refractivity contribution in [2.45, 2.75) is 0 Å². The number of carboxylic acid groups (broad SMARTS) is 1. The van der Waals surface area contributed by atoms with E-state index in [1.807, 2.05) is 0 Å². The lowest BCUT2D eigenvalue weighted by Gasteiger charge is -2.20. The normalized spacial score (nSPS) is 11.0. The Morgan fingerprint density at radius 2 is 2.33 bits per heavy atom. The first-order valence-corrected chi connectivity index (χ1v) is 6.90. The first-order valence-electron chi connectivity index (χ1n) is 6.90. The monoisotopic (exact) mass is 331 g/mol. The average molecular weight is 331 g/mol. The predicted octanol–water partition coefficient (Wildman–Crippen LogP) is 1.42. The lowest BCUT2D eigenvalue weighted by molar-refractivity contribution is 0.0690. The number of allylic oxidation sites excluding steroid dienone is 1. The van der Waals surface area contributed by atoms with Crippen molar-refractivity contribution in [2.75, 3.05) is 18.8 Å². The topological polar surface area (TPSA) is 124 Å². The summed E-state index contributed by atoms with van der Waals surface area (Å²) in [5, 5.41) is 25.9. The molecule has 0 saturated carbocycles. The van der Waals surface area contributed by atoms with Gasteiger partial charge in [0.15, 0.2) is 5.69 Å². The maximum Gasteiger partial charge on any atom is 0.357 e. The molecule has 9 nitrogen and oxygen atoms in total. The summed E-state index contributed by atoms with van der Waals surface area (Å²) in [6.45, 7) is 3.68. The van der Waals surface area contributed by atoms with Crippen molar-refractivity contribution in [1.29, 1.82) is 0 Å². The summed E-state index contributed by atoms with van der Waals surface area (Å²) >= 11 is 0. The highest BCUT2D eigenvalue weighted by Gasteiger charge is 2.17. The first-order chi connectivity index (χ1) is 11.6. The van der Waals surface area contributed by atoms with Gasteiger partial charge in [0.05, 0.1) is 23.1 Å². The number of oxazole rings is 1. The van der Waals surface area contributed by atoms with Crippen LogP contribution in [0, 0.1) is 0 Å². The molecule has 24 heavy (non-hydrogen) atoms. The SMILES string of the molecule is C=C/C(=C\NC)NCN(O)c1cnccc1-c1nc(C(=O)O)co1. The molecule has 0 saturated heterocycles. The first kappa shape index (κ1) is 17.0. The molecule has 2 rings (SSSR count). The molecule has 0 amide bonds. The number of rotatable bonds is 8. The van der Waals surface area contributed by atoms with Crippen LogP contribution in [0.1, 0.15) is 10.5 Å². The minimum atomic E-state index is -1.20. The van der Waals surface area contributed by atoms with E-state index in [0.717, 1.165) is 11.3 Å². The molecule has 0 unspecified atom stereocenters. The number of carbonyl (C=O) groups is 1. The number of aromatic carboxylic acids is 1. The van der Waals surface area contributed by atoms with Crippen molar-refractivity contribution in [1.82, 2.24) is 20.6 Å². The Morgan fingerprint density at radius 1 is 1.54 bits per heavy atom. The van der Waals surface area contributed by atoms with E-state index in [4.69, 9.17) is 9.52 Å². The Balaban J connectivity index is 2.22. The largest absolute Gasteiger partial charge is 0.476 e. The van der Waals surface area contributed by atoms with Gasteiger partial charge in [-0.15, -0.1) is 0 Å². The van der Waals surface area contributed by atoms with E-state index in [-0.39, 0.29) is 18.3 Å². The van der Waals surface area contributed by atoms with E-state index in [1.54, 1.807) is 25.4 Å². The van der Waals surface area contributed by atoms with E-state index in [1.165, 1.54) is 12.4 Å². The molecule has 4 N–H and O–H groups in total. The number of hydrogen-bond donors (Lipinski definition) is 4. The van der Waals surface area contributed by atoms with E-state index in [2.05, 4.69) is 27.2 Å². The van der Waals surface area contributed by atoms with Crippen LogP contribution < -0.4 is 15.7 Å². The van der Waals surface area contributed by atoms with Gasteiger partial charge in [-0.05, 0) is 12.1 Å². The smallest absolute Gasteiger partial charge is 0.357 e. The molecule has 126 valence electrons. The number of carboxylic acids is 1. The maximum absolute atomic E-state index is 10.9. The van der Waals surface area contributed by atoms with Crippen molar-refractivity contribution in [3.8, 4) is 11.5 Å². The van der Waals surface area contributed by atoms with Gasteiger partial charge in [0.2, 0.25) is 5.89 Å². The number of hydroxylamine groups is 1. The van der Waals surface area contributed by atoms with Gasteiger partial charge in [0.1, 0.15) is 12.9 Å². The Kier molecular flexibility index (Phi) is 5.53. The second kappa shape index (κ2) is 7.79. The molecule has 0 aromatic carbocycles. The van der Waals surface area contributed by atoms with Gasteiger partial charge in [0, 0.05) is 19.4 Å². The highest BCUT2D eigenvalue weighted by atomic mass is 16.5. The number of aromatic nitrogens is 2. The summed E-state index contributed by atoms with van der Waals surface area (Å²) in [7, 11) is 1.74. The lowest BCUT2D eigenvalue weighted by Crippen LogP contribution is -2.31. The van der Waals surface area contributed by atoms with Crippen molar-refractivity contribution in [2.24, 2.45) is 0 Å². The summed E-state index contributed by atoms with van der Waals surface area (Å²) < 4.78 is 5.17. The third-order valence-electron chi connectivity index (χ3n) is 2.98. The van der Waals surface area contributed by atoms with Crippen LogP contribution in [0.5, 0.6) is 0 Å². The fraction of sp³-hybridized carbons (Fsp3) is 0.133. The van der Waals surface area contributed by atoms with Gasteiger partial charge < -0.3 is 20.2 Å². The Morgan fingerprint density at radius 3 is 2.96 bits per heavy atom. The highest BCUT2D eigenvalue weighted by Crippen LogP contribution is 2.28. The number of pyridine rings is 1. The summed E-state index contributed by atoms with van der Waals surface area (Å²) in [6.07, 6.45) is 7.20. The summed E-state index contributed by atoms with van der Waals surface area (Å²) in [5.74, 6) is -1.13. The summed E-state index contributed by atoms with van der Waals surface area (Å²) in [4.78, 5) is 18.7. The maximum atomic E-state index is 10.9. The third-order valence-corrected chi connectivity index (χ3v) is 2.98. The number of nitrogens with zero attached hydrogens (tertiary/aromatic N) is 3. The second-order valence-electron chi connectivity index (χ2n) is 4.56. The molecule has 2 heterocycles. The predicted molar refractivity (Wildman–Crippen MR) is 86.3 cm³/mol. The molecule has 0 aliphatic carbocycles. The number of hydrogen-bond acceptors (Lipinski definition) is 8. The van der Waals surface area contributed by atoms with Gasteiger partial charge in [0.25, 0.3) is 0 Å². The molecular formula is C15H17N5O4. The zero-order chi connectivity index (χ0) is 17.5. The fourth-order valence-electron chi connectivity index (χ4n) is 1.86. The molecule has 0 fully saturated rings. The van der Waals surface area contributed by atoms with Crippen LogP contribution in [0.2, 0.25) is 0 Å². The van der Waals surface area contributed by atoms with Gasteiger partial charge in [-0.3, -0.25) is 10.2 Å². The fourth-order valence-corrected chi connectivity index (χ4v) is 1.86. The molecular weight excluding hydrogens is 314 g/mol. The van der Waals surface area contributed by atoms with Crippen LogP contribution in [-0.2, 0) is 0 Å². The van der Waals surface area contributed by atoms with Crippen LogP contribution in [-0.4, -0.2) is 40.0 Å². The standard InChI is InChI=1S/C15H17N5O4/c1-3-10(6-16-2)18-9-20(23)13-7-17-5-4-11(13)14-19-12(8-24-14)15(21)22/h3-8,16,18,23H,1,9H2,2H3,(H,21,22)/b10-6+. The minimum Gasteiger partial charge on any atom is -0.476 e. The van der Waals surface area contributed by atoms with E-state index < -0.39 is 5.97 Å². The highest BCUT2D eigenvalue weighted by molar-refractivity contribution is 5.86. The van der Waals surface area contributed by atoms with Crippen LogP contribution >= 0.6 is 0 Å². The third kappa shape index (κ3) is 3.90. The van der Waals surface area contributed by atoms with Crippen molar-refractivity contribution in [3.05, 3.63) is 55.0 Å². The molecule has 0 bridgehead atoms. The van der Waals surface area contributed by atoms with Crippen molar-refractivity contribution >= 4 is 11.7 Å². The number of anilines is 1. The van der Waals surface area contributed by atoms with E-state index in [0.29, 0.717) is 16.9 Å². The lowest BCUT2D eigenvalue weighted by atomic mass is 10.2. The summed E-state index contributed by atoms with van der Waals surface area (Å²) in [5.41, 5.74) is 1.16. The Hall–Kier alpha value is -3.33. The molecule has 0 radical (unpaired) electrons. The molecule has 9 heteroatoms. The molecule has 0 spiro atoms. The zero-order valence-corrected chi connectivity index (χ0v) is 12.9. The Bertz CT molecular complexity index is 756. The van der Waals surface area contributed by atoms with Gasteiger partial charge >= 0.3 is 5.97 Å². The van der Waals surface area contributed by atoms with Crippen LogP contribution in [0.25, 0.3) is 11.5 Å². The van der Waals surface area contributed by atoms with Crippen LogP contribution in [0.4, 0.5) is 5.69 Å². The van der Waals surface area contributed by atoms with Crippen molar-refractivity contribution in [3.63, 3.8) is 0 Å². The Labute approximate surface area is 137 Å². The van der Waals surface area contributed by atoms with Gasteiger partial charge in [-0.2, -0.15) is 0 Å². The van der Waals surface area contributed by atoms with Gasteiger partial charge in [-0.1, -0.05) is 6.58 Å². The molecule has 0 atom stereocenters. The van der Waals surface area contributed by atoms with E-state index >= 15 is 0 Å². The molecule has 0 aliphatic rings. The van der Waals surface area contributed by atoms with Crippen molar-refractivity contribution < 1.29 is 19.5 Å². The van der Waals surface area contributed by atoms with Crippen LogP contribution in [0.15, 0.2) is 53.7 Å². The molecule has 2 aromatic heterocycles. The quantitative estimate of drug-likeness (QED) is 0.323. The molecule has 2 aromatic rings. The number of nitrogens with one attached hydrogen (secondary N) is 2. The minimum absolute atomic E-state index is 0.0325. The van der Waals surface area contributed by atoms with Gasteiger partial charge in [-0.25, -0.2) is 14.8 Å². The van der Waals surface area contributed by atoms with E-state index in [9.17, 15) is 10.0 Å². The van der Waals surface area contributed by atoms with Crippen LogP contribution in [0.3, 0.4) is 0 Å². The average Bonchev–Trinajstić information content (AvgIpc) is 3.08.